The van der Waals surface area contributed by atoms with Gasteiger partial charge in [-0.15, -0.1) is 0 Å². The summed E-state index contributed by atoms with van der Waals surface area (Å²) in [6.07, 6.45) is -2.58. The van der Waals surface area contributed by atoms with E-state index in [9.17, 15) is 27.5 Å². The molecule has 1 aliphatic rings. The Morgan fingerprint density at radius 2 is 1.68 bits per heavy atom. The number of carboxylic acids is 1. The molecule has 0 saturated heterocycles. The SMILES string of the molecule is O=C(O)C1CC(O)(Nc2ccccc2)c2c(F)c(F)c(F)c(F)c2O1. The quantitative estimate of drug-likeness (QED) is 0.341. The van der Waals surface area contributed by atoms with Gasteiger partial charge >= 0.3 is 5.97 Å². The molecule has 0 radical (unpaired) electrons. The first-order chi connectivity index (χ1) is 11.7. The van der Waals surface area contributed by atoms with Gasteiger partial charge in [0, 0.05) is 12.1 Å². The monoisotopic (exact) mass is 357 g/mol. The number of carboxylic acid groups (broad SMARTS) is 1. The summed E-state index contributed by atoms with van der Waals surface area (Å²) in [7, 11) is 0. The van der Waals surface area contributed by atoms with Gasteiger partial charge in [-0.3, -0.25) is 0 Å². The minimum absolute atomic E-state index is 0.214. The van der Waals surface area contributed by atoms with Crippen LogP contribution in [0.25, 0.3) is 0 Å². The number of ether oxygens (including phenoxy) is 1. The van der Waals surface area contributed by atoms with Crippen LogP contribution in [0.4, 0.5) is 23.2 Å². The molecule has 1 aliphatic heterocycles. The Morgan fingerprint density at radius 1 is 1.08 bits per heavy atom. The van der Waals surface area contributed by atoms with Gasteiger partial charge in [-0.1, -0.05) is 18.2 Å². The molecule has 3 rings (SSSR count). The van der Waals surface area contributed by atoms with Crippen LogP contribution in [-0.4, -0.2) is 22.3 Å². The third kappa shape index (κ3) is 2.76. The molecular weight excluding hydrogens is 346 g/mol. The molecule has 9 heteroatoms. The molecule has 2 unspecified atom stereocenters. The largest absolute Gasteiger partial charge is 0.479 e. The number of fused-ring (bicyclic) bond motifs is 1. The molecule has 3 N–H and O–H groups in total. The predicted molar refractivity (Wildman–Crippen MR) is 76.9 cm³/mol. The molecule has 2 atom stereocenters. The van der Waals surface area contributed by atoms with Gasteiger partial charge in [0.2, 0.25) is 17.7 Å². The van der Waals surface area contributed by atoms with Gasteiger partial charge < -0.3 is 20.3 Å². The van der Waals surface area contributed by atoms with Gasteiger partial charge in [-0.25, -0.2) is 18.0 Å². The second kappa shape index (κ2) is 5.92. The lowest BCUT2D eigenvalue weighted by Crippen LogP contribution is -2.48. The Morgan fingerprint density at radius 3 is 2.28 bits per heavy atom. The van der Waals surface area contributed by atoms with Crippen molar-refractivity contribution in [2.45, 2.75) is 18.2 Å². The van der Waals surface area contributed by atoms with Crippen LogP contribution < -0.4 is 10.1 Å². The molecule has 0 fully saturated rings. The fourth-order valence-corrected chi connectivity index (χ4v) is 2.66. The van der Waals surface area contributed by atoms with Crippen LogP contribution >= 0.6 is 0 Å². The van der Waals surface area contributed by atoms with E-state index < -0.39 is 58.8 Å². The number of nitrogens with one attached hydrogen (secondary N) is 1. The first-order valence-corrected chi connectivity index (χ1v) is 7.06. The summed E-state index contributed by atoms with van der Waals surface area (Å²) in [4.78, 5) is 11.2. The number of rotatable bonds is 3. The Balaban J connectivity index is 2.21. The van der Waals surface area contributed by atoms with E-state index in [4.69, 9.17) is 9.84 Å². The molecule has 0 aliphatic carbocycles. The maximum atomic E-state index is 14.2. The van der Waals surface area contributed by atoms with Crippen molar-refractivity contribution in [3.05, 3.63) is 59.2 Å². The van der Waals surface area contributed by atoms with Gasteiger partial charge in [0.25, 0.3) is 0 Å². The number of carbonyl (C=O) groups is 1. The van der Waals surface area contributed by atoms with Crippen molar-refractivity contribution in [1.29, 1.82) is 0 Å². The Kier molecular flexibility index (Phi) is 4.03. The topological polar surface area (TPSA) is 78.8 Å². The van der Waals surface area contributed by atoms with Crippen molar-refractivity contribution in [3.63, 3.8) is 0 Å². The van der Waals surface area contributed by atoms with E-state index in [0.29, 0.717) is 0 Å². The van der Waals surface area contributed by atoms with Gasteiger partial charge in [-0.2, -0.15) is 4.39 Å². The van der Waals surface area contributed by atoms with Crippen molar-refractivity contribution in [3.8, 4) is 5.75 Å². The average molecular weight is 357 g/mol. The standard InChI is InChI=1S/C16H11F4NO4/c17-10-9-14(13(20)12(19)11(10)18)25-8(15(22)23)6-16(9,24)21-7-4-2-1-3-5-7/h1-5,8,21,24H,6H2,(H,22,23). The summed E-state index contributed by atoms with van der Waals surface area (Å²) in [6.45, 7) is 0. The summed E-state index contributed by atoms with van der Waals surface area (Å²) in [5.74, 6) is -10.9. The van der Waals surface area contributed by atoms with Gasteiger partial charge in [0.05, 0.1) is 5.56 Å². The summed E-state index contributed by atoms with van der Waals surface area (Å²) < 4.78 is 60.1. The minimum atomic E-state index is -2.54. The molecule has 0 bridgehead atoms. The van der Waals surface area contributed by atoms with E-state index in [1.165, 1.54) is 12.1 Å². The molecule has 2 aromatic carbocycles. The maximum absolute atomic E-state index is 14.2. The molecule has 5 nitrogen and oxygen atoms in total. The van der Waals surface area contributed by atoms with Gasteiger partial charge in [0.15, 0.2) is 23.1 Å². The smallest absolute Gasteiger partial charge is 0.345 e. The van der Waals surface area contributed by atoms with Crippen LogP contribution in [0.3, 0.4) is 0 Å². The molecule has 2 aromatic rings. The molecule has 132 valence electrons. The lowest BCUT2D eigenvalue weighted by molar-refractivity contribution is -0.150. The third-order valence-corrected chi connectivity index (χ3v) is 3.78. The van der Waals surface area contributed by atoms with E-state index in [2.05, 4.69) is 5.32 Å². The molecule has 0 spiro atoms. The Bertz CT molecular complexity index is 846. The summed E-state index contributed by atoms with van der Waals surface area (Å²) in [5.41, 5.74) is -3.37. The fourth-order valence-electron chi connectivity index (χ4n) is 2.66. The number of anilines is 1. The maximum Gasteiger partial charge on any atom is 0.345 e. The normalized spacial score (nSPS) is 22.0. The average Bonchev–Trinajstić information content (AvgIpc) is 2.57. The molecule has 0 saturated carbocycles. The lowest BCUT2D eigenvalue weighted by Gasteiger charge is -2.38. The van der Waals surface area contributed by atoms with Crippen LogP contribution in [0.15, 0.2) is 30.3 Å². The summed E-state index contributed by atoms with van der Waals surface area (Å²) in [5, 5.41) is 22.3. The van der Waals surface area contributed by atoms with E-state index in [0.717, 1.165) is 0 Å². The van der Waals surface area contributed by atoms with Crippen LogP contribution in [0, 0.1) is 23.3 Å². The minimum Gasteiger partial charge on any atom is -0.479 e. The van der Waals surface area contributed by atoms with Crippen LogP contribution in [0.5, 0.6) is 5.75 Å². The van der Waals surface area contributed by atoms with E-state index in [-0.39, 0.29) is 5.69 Å². The Labute approximate surface area is 138 Å². The molecule has 0 aromatic heterocycles. The van der Waals surface area contributed by atoms with E-state index >= 15 is 0 Å². The summed E-state index contributed by atoms with van der Waals surface area (Å²) in [6, 6.07) is 7.67. The molecule has 0 amide bonds. The highest BCUT2D eigenvalue weighted by molar-refractivity contribution is 5.74. The number of aliphatic carboxylic acids is 1. The number of hydrogen-bond donors (Lipinski definition) is 3. The zero-order valence-corrected chi connectivity index (χ0v) is 12.4. The predicted octanol–water partition coefficient (Wildman–Crippen LogP) is 2.74. The molecule has 1 heterocycles. The third-order valence-electron chi connectivity index (χ3n) is 3.78. The number of para-hydroxylation sites is 1. The van der Waals surface area contributed by atoms with Gasteiger partial charge in [-0.05, 0) is 12.1 Å². The molecule has 25 heavy (non-hydrogen) atoms. The van der Waals surface area contributed by atoms with Crippen molar-refractivity contribution in [2.24, 2.45) is 0 Å². The Hall–Kier alpha value is -2.81. The first kappa shape index (κ1) is 17.0. The summed E-state index contributed by atoms with van der Waals surface area (Å²) >= 11 is 0. The number of benzene rings is 2. The van der Waals surface area contributed by atoms with Crippen molar-refractivity contribution in [2.75, 3.05) is 5.32 Å². The zero-order valence-electron chi connectivity index (χ0n) is 12.4. The van der Waals surface area contributed by atoms with Crippen LogP contribution in [0.1, 0.15) is 12.0 Å². The number of aliphatic hydroxyl groups is 1. The van der Waals surface area contributed by atoms with Crippen LogP contribution in [0.2, 0.25) is 0 Å². The highest BCUT2D eigenvalue weighted by Gasteiger charge is 2.48. The highest BCUT2D eigenvalue weighted by atomic mass is 19.2. The zero-order chi connectivity index (χ0) is 18.4. The fraction of sp³-hybridized carbons (Fsp3) is 0.188. The number of halogens is 4. The highest BCUT2D eigenvalue weighted by Crippen LogP contribution is 2.44. The van der Waals surface area contributed by atoms with E-state index in [1.54, 1.807) is 18.2 Å². The van der Waals surface area contributed by atoms with Crippen molar-refractivity contribution in [1.82, 2.24) is 0 Å². The second-order valence-electron chi connectivity index (χ2n) is 5.46. The van der Waals surface area contributed by atoms with Crippen molar-refractivity contribution < 1.29 is 37.3 Å². The first-order valence-electron chi connectivity index (χ1n) is 7.06. The number of hydrogen-bond acceptors (Lipinski definition) is 4. The molecular formula is C16H11F4NO4. The van der Waals surface area contributed by atoms with Crippen LogP contribution in [-0.2, 0) is 10.5 Å². The van der Waals surface area contributed by atoms with Gasteiger partial charge in [0.1, 0.15) is 0 Å². The second-order valence-corrected chi connectivity index (χ2v) is 5.46. The lowest BCUT2D eigenvalue weighted by atomic mass is 9.90. The van der Waals surface area contributed by atoms with Crippen molar-refractivity contribution >= 4 is 11.7 Å². The van der Waals surface area contributed by atoms with E-state index in [1.807, 2.05) is 0 Å².